The van der Waals surface area contributed by atoms with Crippen LogP contribution in [0.25, 0.3) is 0 Å². The van der Waals surface area contributed by atoms with Crippen LogP contribution in [0.2, 0.25) is 0 Å². The van der Waals surface area contributed by atoms with Crippen molar-refractivity contribution in [3.63, 3.8) is 0 Å². The molecule has 2 amide bonds. The van der Waals surface area contributed by atoms with Gasteiger partial charge in [0, 0.05) is 6.54 Å². The van der Waals surface area contributed by atoms with Crippen molar-refractivity contribution in [2.24, 2.45) is 28.4 Å². The lowest BCUT2D eigenvalue weighted by Gasteiger charge is -2.20. The van der Waals surface area contributed by atoms with E-state index in [1.807, 2.05) is 13.8 Å². The van der Waals surface area contributed by atoms with Crippen LogP contribution in [0.15, 0.2) is 11.6 Å². The molecule has 0 aliphatic heterocycles. The van der Waals surface area contributed by atoms with Gasteiger partial charge in [0.15, 0.2) is 0 Å². The van der Waals surface area contributed by atoms with Gasteiger partial charge in [-0.15, -0.1) is 0 Å². The van der Waals surface area contributed by atoms with E-state index in [0.717, 1.165) is 0 Å². The minimum atomic E-state index is -0.708. The zero-order valence-corrected chi connectivity index (χ0v) is 12.8. The molecule has 0 radical (unpaired) electrons. The Bertz CT molecular complexity index is 418. The van der Waals surface area contributed by atoms with Gasteiger partial charge in [-0.2, -0.15) is 0 Å². The molecule has 3 N–H and O–H groups in total. The fourth-order valence-electron chi connectivity index (χ4n) is 2.35. The second-order valence-electron chi connectivity index (χ2n) is 7.03. The Morgan fingerprint density at radius 1 is 1.32 bits per heavy atom. The summed E-state index contributed by atoms with van der Waals surface area (Å²) in [4.78, 5) is 23.4. The second-order valence-corrected chi connectivity index (χ2v) is 7.03. The molecular weight excluding hydrogens is 240 g/mol. The van der Waals surface area contributed by atoms with Crippen LogP contribution in [0.4, 0.5) is 0 Å². The highest BCUT2D eigenvalue weighted by molar-refractivity contribution is 5.85. The monoisotopic (exact) mass is 266 g/mol. The predicted octanol–water partition coefficient (Wildman–Crippen LogP) is 1.85. The third-order valence-electron chi connectivity index (χ3n) is 4.08. The van der Waals surface area contributed by atoms with Gasteiger partial charge >= 0.3 is 0 Å². The number of nitrogens with one attached hydrogen (secondary N) is 1. The number of hydrogen-bond donors (Lipinski definition) is 2. The van der Waals surface area contributed by atoms with Crippen molar-refractivity contribution in [1.29, 1.82) is 0 Å². The normalized spacial score (nSPS) is 24.5. The van der Waals surface area contributed by atoms with Crippen LogP contribution in [0.3, 0.4) is 0 Å². The van der Waals surface area contributed by atoms with Gasteiger partial charge in [-0.1, -0.05) is 25.5 Å². The zero-order chi connectivity index (χ0) is 15.0. The third kappa shape index (κ3) is 3.37. The number of allylic oxidation sites excluding steroid dienone is 2. The largest absolute Gasteiger partial charge is 0.369 e. The van der Waals surface area contributed by atoms with E-state index in [1.165, 1.54) is 5.57 Å². The van der Waals surface area contributed by atoms with Gasteiger partial charge in [-0.25, -0.2) is 0 Å². The number of amides is 2. The zero-order valence-electron chi connectivity index (χ0n) is 12.8. The lowest BCUT2D eigenvalue weighted by molar-refractivity contribution is -0.127. The van der Waals surface area contributed by atoms with E-state index in [4.69, 9.17) is 5.73 Å². The first-order valence-electron chi connectivity index (χ1n) is 6.73. The summed E-state index contributed by atoms with van der Waals surface area (Å²) in [5, 5.41) is 2.86. The van der Waals surface area contributed by atoms with Crippen LogP contribution in [0.5, 0.6) is 0 Å². The van der Waals surface area contributed by atoms with Gasteiger partial charge < -0.3 is 11.1 Å². The molecule has 1 aliphatic carbocycles. The molecule has 4 heteroatoms. The predicted molar refractivity (Wildman–Crippen MR) is 76.2 cm³/mol. The summed E-state index contributed by atoms with van der Waals surface area (Å²) in [5.41, 5.74) is 5.81. The van der Waals surface area contributed by atoms with Crippen LogP contribution in [-0.4, -0.2) is 18.4 Å². The molecule has 0 bridgehead atoms. The highest BCUT2D eigenvalue weighted by atomic mass is 16.2. The number of primary amides is 1. The smallest absolute Gasteiger partial charge is 0.224 e. The first kappa shape index (κ1) is 15.7. The van der Waals surface area contributed by atoms with E-state index < -0.39 is 11.3 Å². The quantitative estimate of drug-likeness (QED) is 0.745. The minimum absolute atomic E-state index is 0.00177. The van der Waals surface area contributed by atoms with Crippen molar-refractivity contribution >= 4 is 11.8 Å². The van der Waals surface area contributed by atoms with E-state index in [9.17, 15) is 9.59 Å². The maximum absolute atomic E-state index is 12.2. The average Bonchev–Trinajstić information content (AvgIpc) is 2.76. The van der Waals surface area contributed by atoms with Crippen molar-refractivity contribution in [3.8, 4) is 0 Å². The highest BCUT2D eigenvalue weighted by Crippen LogP contribution is 2.59. The number of carbonyl (C=O) groups is 2. The third-order valence-corrected chi connectivity index (χ3v) is 4.08. The van der Waals surface area contributed by atoms with Gasteiger partial charge in [-0.05, 0) is 39.0 Å². The molecule has 0 aromatic rings. The Morgan fingerprint density at radius 2 is 1.84 bits per heavy atom. The van der Waals surface area contributed by atoms with E-state index in [-0.39, 0.29) is 29.7 Å². The van der Waals surface area contributed by atoms with E-state index in [0.29, 0.717) is 0 Å². The van der Waals surface area contributed by atoms with Gasteiger partial charge in [-0.3, -0.25) is 9.59 Å². The summed E-state index contributed by atoms with van der Waals surface area (Å²) in [5.74, 6) is -0.106. The summed E-state index contributed by atoms with van der Waals surface area (Å²) in [6, 6.07) is 0. The first-order chi connectivity index (χ1) is 8.50. The molecule has 0 saturated heterocycles. The van der Waals surface area contributed by atoms with Crippen LogP contribution in [0, 0.1) is 22.7 Å². The summed E-state index contributed by atoms with van der Waals surface area (Å²) in [6.45, 7) is 12.0. The van der Waals surface area contributed by atoms with Crippen molar-refractivity contribution in [1.82, 2.24) is 5.32 Å². The molecule has 4 nitrogen and oxygen atoms in total. The molecule has 2 atom stereocenters. The van der Waals surface area contributed by atoms with E-state index in [1.54, 1.807) is 13.8 Å². The van der Waals surface area contributed by atoms with Gasteiger partial charge in [0.25, 0.3) is 0 Å². The van der Waals surface area contributed by atoms with E-state index in [2.05, 4.69) is 25.2 Å². The Hall–Kier alpha value is -1.32. The second kappa shape index (κ2) is 4.99. The topological polar surface area (TPSA) is 72.2 Å². The fraction of sp³-hybridized carbons (Fsp3) is 0.733. The molecule has 19 heavy (non-hydrogen) atoms. The molecule has 1 rings (SSSR count). The number of nitrogens with two attached hydrogens (primary N) is 1. The lowest BCUT2D eigenvalue weighted by atomic mass is 9.92. The molecule has 2 unspecified atom stereocenters. The number of hydrogen-bond acceptors (Lipinski definition) is 2. The number of carbonyl (C=O) groups excluding carboxylic acids is 2. The average molecular weight is 266 g/mol. The van der Waals surface area contributed by atoms with Crippen molar-refractivity contribution in [2.75, 3.05) is 6.54 Å². The Labute approximate surface area is 115 Å². The maximum Gasteiger partial charge on any atom is 0.224 e. The molecule has 1 fully saturated rings. The molecule has 108 valence electrons. The van der Waals surface area contributed by atoms with Crippen LogP contribution in [-0.2, 0) is 9.59 Å². The van der Waals surface area contributed by atoms with Crippen molar-refractivity contribution in [3.05, 3.63) is 11.6 Å². The Balaban J connectivity index is 2.62. The molecular formula is C15H26N2O2. The van der Waals surface area contributed by atoms with Gasteiger partial charge in [0.1, 0.15) is 0 Å². The minimum Gasteiger partial charge on any atom is -0.369 e. The van der Waals surface area contributed by atoms with E-state index >= 15 is 0 Å². The Morgan fingerprint density at radius 3 is 2.26 bits per heavy atom. The van der Waals surface area contributed by atoms with Gasteiger partial charge in [0.2, 0.25) is 11.8 Å². The van der Waals surface area contributed by atoms with Crippen LogP contribution >= 0.6 is 0 Å². The molecule has 0 aromatic heterocycles. The molecule has 0 heterocycles. The summed E-state index contributed by atoms with van der Waals surface area (Å²) in [6.07, 6.45) is 2.16. The maximum atomic E-state index is 12.2. The summed E-state index contributed by atoms with van der Waals surface area (Å²) in [7, 11) is 0. The highest BCUT2D eigenvalue weighted by Gasteiger charge is 2.60. The standard InChI is InChI=1S/C15H26N2O2/c1-9(2)7-10-11(15(10,5)6)12(18)17-8-14(3,4)13(16)19/h7,10-11H,8H2,1-6H3,(H2,16,19)(H,17,18). The van der Waals surface area contributed by atoms with Gasteiger partial charge in [0.05, 0.1) is 11.3 Å². The van der Waals surface area contributed by atoms with Crippen molar-refractivity contribution in [2.45, 2.75) is 41.5 Å². The molecule has 0 aromatic carbocycles. The number of rotatable bonds is 5. The molecule has 1 saturated carbocycles. The SMILES string of the molecule is CC(C)=CC1C(C(=O)NCC(C)(C)C(N)=O)C1(C)C. The lowest BCUT2D eigenvalue weighted by Crippen LogP contribution is -2.43. The van der Waals surface area contributed by atoms with Crippen LogP contribution in [0.1, 0.15) is 41.5 Å². The molecule has 1 aliphatic rings. The summed E-state index contributed by atoms with van der Waals surface area (Å²) >= 11 is 0. The summed E-state index contributed by atoms with van der Waals surface area (Å²) < 4.78 is 0. The first-order valence-corrected chi connectivity index (χ1v) is 6.73. The molecule has 0 spiro atoms. The van der Waals surface area contributed by atoms with Crippen LogP contribution < -0.4 is 11.1 Å². The van der Waals surface area contributed by atoms with Crippen molar-refractivity contribution < 1.29 is 9.59 Å². The Kier molecular flexibility index (Phi) is 4.13. The fourth-order valence-corrected chi connectivity index (χ4v) is 2.35.